The Morgan fingerprint density at radius 2 is 2.05 bits per heavy atom. The lowest BCUT2D eigenvalue weighted by atomic mass is 9.91. The van der Waals surface area contributed by atoms with Gasteiger partial charge >= 0.3 is 0 Å². The first-order valence-corrected chi connectivity index (χ1v) is 7.52. The highest BCUT2D eigenvalue weighted by molar-refractivity contribution is 5.93. The molecular formula is C15H24N4O2. The van der Waals surface area contributed by atoms with Crippen molar-refractivity contribution in [1.29, 1.82) is 0 Å². The van der Waals surface area contributed by atoms with E-state index in [2.05, 4.69) is 10.4 Å². The Morgan fingerprint density at radius 1 is 1.38 bits per heavy atom. The van der Waals surface area contributed by atoms with E-state index in [1.54, 1.807) is 9.58 Å². The highest BCUT2D eigenvalue weighted by atomic mass is 16.2. The molecule has 2 rings (SSSR count). The van der Waals surface area contributed by atoms with Crippen LogP contribution in [0.1, 0.15) is 45.7 Å². The van der Waals surface area contributed by atoms with E-state index < -0.39 is 5.54 Å². The van der Waals surface area contributed by atoms with Gasteiger partial charge in [-0.25, -0.2) is 0 Å². The van der Waals surface area contributed by atoms with E-state index in [4.69, 9.17) is 0 Å². The second kappa shape index (κ2) is 5.87. The van der Waals surface area contributed by atoms with Gasteiger partial charge in [0.2, 0.25) is 11.8 Å². The quantitative estimate of drug-likeness (QED) is 0.907. The topological polar surface area (TPSA) is 67.2 Å². The van der Waals surface area contributed by atoms with Crippen molar-refractivity contribution in [3.63, 3.8) is 0 Å². The molecule has 0 bridgehead atoms. The van der Waals surface area contributed by atoms with E-state index in [0.29, 0.717) is 25.8 Å². The molecule has 116 valence electrons. The van der Waals surface area contributed by atoms with Gasteiger partial charge in [-0.2, -0.15) is 5.10 Å². The van der Waals surface area contributed by atoms with E-state index in [0.717, 1.165) is 5.69 Å². The molecule has 0 saturated carbocycles. The van der Waals surface area contributed by atoms with Crippen LogP contribution >= 0.6 is 0 Å². The van der Waals surface area contributed by atoms with Crippen molar-refractivity contribution in [2.24, 2.45) is 7.05 Å². The van der Waals surface area contributed by atoms with Crippen LogP contribution in [-0.4, -0.2) is 38.1 Å². The summed E-state index contributed by atoms with van der Waals surface area (Å²) in [5.41, 5.74) is 0.0598. The Labute approximate surface area is 125 Å². The maximum absolute atomic E-state index is 13.0. The summed E-state index contributed by atoms with van der Waals surface area (Å²) in [6.45, 7) is 6.24. The van der Waals surface area contributed by atoms with E-state index in [1.165, 1.54) is 0 Å². The summed E-state index contributed by atoms with van der Waals surface area (Å²) >= 11 is 0. The Hall–Kier alpha value is -1.85. The lowest BCUT2D eigenvalue weighted by Crippen LogP contribution is -2.56. The first kappa shape index (κ1) is 15.5. The van der Waals surface area contributed by atoms with E-state index >= 15 is 0 Å². The molecule has 1 aromatic rings. The minimum atomic E-state index is -0.781. The zero-order valence-corrected chi connectivity index (χ0v) is 13.2. The van der Waals surface area contributed by atoms with Crippen molar-refractivity contribution in [2.45, 2.75) is 58.2 Å². The van der Waals surface area contributed by atoms with Crippen LogP contribution in [0.25, 0.3) is 0 Å². The minimum Gasteiger partial charge on any atom is -0.342 e. The second-order valence-corrected chi connectivity index (χ2v) is 5.80. The predicted molar refractivity (Wildman–Crippen MR) is 79.3 cm³/mol. The minimum absolute atomic E-state index is 0.00324. The summed E-state index contributed by atoms with van der Waals surface area (Å²) < 4.78 is 1.72. The Kier molecular flexibility index (Phi) is 4.34. The molecule has 1 saturated heterocycles. The third-order valence-electron chi connectivity index (χ3n) is 4.37. The van der Waals surface area contributed by atoms with E-state index in [9.17, 15) is 9.59 Å². The first-order chi connectivity index (χ1) is 9.91. The van der Waals surface area contributed by atoms with Gasteiger partial charge in [-0.3, -0.25) is 14.3 Å². The van der Waals surface area contributed by atoms with Crippen molar-refractivity contribution in [3.8, 4) is 0 Å². The summed E-state index contributed by atoms with van der Waals surface area (Å²) in [7, 11) is 1.85. The fraction of sp³-hybridized carbons (Fsp3) is 0.667. The van der Waals surface area contributed by atoms with Crippen LogP contribution in [0.4, 0.5) is 0 Å². The molecular weight excluding hydrogens is 268 g/mol. The summed E-state index contributed by atoms with van der Waals surface area (Å²) in [5.74, 6) is -0.0560. The van der Waals surface area contributed by atoms with Crippen LogP contribution in [0, 0.1) is 0 Å². The van der Waals surface area contributed by atoms with Crippen molar-refractivity contribution < 1.29 is 9.59 Å². The summed E-state index contributed by atoms with van der Waals surface area (Å²) in [4.78, 5) is 26.8. The van der Waals surface area contributed by atoms with Crippen LogP contribution < -0.4 is 5.32 Å². The molecule has 6 nitrogen and oxygen atoms in total. The fourth-order valence-corrected chi connectivity index (χ4v) is 2.90. The number of aryl methyl sites for hydroxylation is 1. The van der Waals surface area contributed by atoms with Crippen molar-refractivity contribution in [3.05, 3.63) is 18.0 Å². The van der Waals surface area contributed by atoms with Gasteiger partial charge < -0.3 is 10.2 Å². The molecule has 0 aromatic carbocycles. The number of rotatable bonds is 4. The van der Waals surface area contributed by atoms with Crippen molar-refractivity contribution in [1.82, 2.24) is 20.0 Å². The van der Waals surface area contributed by atoms with Gasteiger partial charge in [-0.15, -0.1) is 0 Å². The third kappa shape index (κ3) is 2.94. The van der Waals surface area contributed by atoms with Crippen LogP contribution in [0.5, 0.6) is 0 Å². The molecule has 1 aliphatic heterocycles. The molecule has 1 N–H and O–H groups in total. The van der Waals surface area contributed by atoms with Crippen LogP contribution in [0.3, 0.4) is 0 Å². The van der Waals surface area contributed by atoms with Crippen LogP contribution in [0.2, 0.25) is 0 Å². The Bertz CT molecular complexity index is 534. The molecule has 1 atom stereocenters. The standard InChI is InChI=1S/C15H24N4O2/c1-5-15(6-2)14(21)19(11(3)9-13(20)16-15)10-12-7-8-18(4)17-12/h7-8,11H,5-6,9-10H2,1-4H3,(H,16,20). The average molecular weight is 292 g/mol. The molecule has 0 spiro atoms. The number of hydrogen-bond donors (Lipinski definition) is 1. The fourth-order valence-electron chi connectivity index (χ4n) is 2.90. The average Bonchev–Trinajstić information content (AvgIpc) is 2.83. The van der Waals surface area contributed by atoms with Crippen molar-refractivity contribution in [2.75, 3.05) is 0 Å². The van der Waals surface area contributed by atoms with Gasteiger partial charge in [0.25, 0.3) is 0 Å². The number of hydrogen-bond acceptors (Lipinski definition) is 3. The molecule has 0 aliphatic carbocycles. The highest BCUT2D eigenvalue weighted by Crippen LogP contribution is 2.25. The molecule has 6 heteroatoms. The molecule has 1 aromatic heterocycles. The summed E-state index contributed by atoms with van der Waals surface area (Å²) in [6.07, 6.45) is 3.39. The van der Waals surface area contributed by atoms with Gasteiger partial charge in [-0.05, 0) is 25.8 Å². The lowest BCUT2D eigenvalue weighted by Gasteiger charge is -2.35. The van der Waals surface area contributed by atoms with Crippen LogP contribution in [-0.2, 0) is 23.2 Å². The Morgan fingerprint density at radius 3 is 2.57 bits per heavy atom. The predicted octanol–water partition coefficient (Wildman–Crippen LogP) is 1.22. The third-order valence-corrected chi connectivity index (χ3v) is 4.37. The van der Waals surface area contributed by atoms with E-state index in [1.807, 2.05) is 40.1 Å². The normalized spacial score (nSPS) is 22.1. The summed E-state index contributed by atoms with van der Waals surface area (Å²) in [6, 6.07) is 1.78. The number of nitrogens with zero attached hydrogens (tertiary/aromatic N) is 3. The largest absolute Gasteiger partial charge is 0.342 e. The molecule has 21 heavy (non-hydrogen) atoms. The van der Waals surface area contributed by atoms with Crippen LogP contribution in [0.15, 0.2) is 12.3 Å². The number of aromatic nitrogens is 2. The van der Waals surface area contributed by atoms with Crippen molar-refractivity contribution >= 4 is 11.8 Å². The van der Waals surface area contributed by atoms with Gasteiger partial charge in [0.1, 0.15) is 5.54 Å². The maximum atomic E-state index is 13.0. The van der Waals surface area contributed by atoms with Gasteiger partial charge in [0, 0.05) is 25.7 Å². The number of carbonyl (C=O) groups excluding carboxylic acids is 2. The van der Waals surface area contributed by atoms with E-state index in [-0.39, 0.29) is 17.9 Å². The monoisotopic (exact) mass is 292 g/mol. The zero-order valence-electron chi connectivity index (χ0n) is 13.2. The molecule has 1 aliphatic rings. The molecule has 1 fully saturated rings. The molecule has 1 unspecified atom stereocenters. The second-order valence-electron chi connectivity index (χ2n) is 5.80. The Balaban J connectivity index is 2.32. The molecule has 0 radical (unpaired) electrons. The molecule has 2 amide bonds. The van der Waals surface area contributed by atoms with Gasteiger partial charge in [0.15, 0.2) is 0 Å². The van der Waals surface area contributed by atoms with Gasteiger partial charge in [0.05, 0.1) is 12.2 Å². The highest BCUT2D eigenvalue weighted by Gasteiger charge is 2.44. The number of carbonyl (C=O) groups is 2. The SMILES string of the molecule is CCC1(CC)NC(=O)CC(C)N(Cc2ccn(C)n2)C1=O. The molecule has 2 heterocycles. The number of amides is 2. The maximum Gasteiger partial charge on any atom is 0.248 e. The lowest BCUT2D eigenvalue weighted by molar-refractivity contribution is -0.141. The first-order valence-electron chi connectivity index (χ1n) is 7.52. The summed E-state index contributed by atoms with van der Waals surface area (Å²) in [5, 5.41) is 7.28. The zero-order chi connectivity index (χ0) is 15.6. The number of nitrogens with one attached hydrogen (secondary N) is 1. The van der Waals surface area contributed by atoms with Gasteiger partial charge in [-0.1, -0.05) is 13.8 Å². The smallest absolute Gasteiger partial charge is 0.248 e.